The summed E-state index contributed by atoms with van der Waals surface area (Å²) in [5.41, 5.74) is 4.10. The molecule has 1 heterocycles. The third-order valence-electron chi connectivity index (χ3n) is 8.81. The quantitative estimate of drug-likeness (QED) is 0.163. The van der Waals surface area contributed by atoms with Gasteiger partial charge < -0.3 is 9.64 Å². The highest BCUT2D eigenvalue weighted by molar-refractivity contribution is 7.74. The van der Waals surface area contributed by atoms with Crippen molar-refractivity contribution in [2.45, 2.75) is 24.2 Å². The molecule has 8 rings (SSSR count). The van der Waals surface area contributed by atoms with Crippen LogP contribution in [0.2, 0.25) is 0 Å². The zero-order valence-corrected chi connectivity index (χ0v) is 27.4. The second kappa shape index (κ2) is 13.1. The maximum absolute atomic E-state index is 7.38. The normalized spacial score (nSPS) is 19.2. The Morgan fingerprint density at radius 2 is 0.935 bits per heavy atom. The minimum Gasteiger partial charge on any atom is -0.452 e. The Morgan fingerprint density at radius 3 is 1.37 bits per heavy atom. The van der Waals surface area contributed by atoms with Gasteiger partial charge in [0.15, 0.2) is 11.5 Å². The van der Waals surface area contributed by atoms with Gasteiger partial charge in [-0.15, -0.1) is 0 Å². The molecule has 2 nitrogen and oxygen atoms in total. The van der Waals surface area contributed by atoms with Crippen LogP contribution in [0.25, 0.3) is 0 Å². The van der Waals surface area contributed by atoms with Crippen LogP contribution in [0.1, 0.15) is 12.8 Å². The van der Waals surface area contributed by atoms with Crippen molar-refractivity contribution in [3.05, 3.63) is 176 Å². The molecular weight excluding hydrogens is 596 g/mol. The Balaban J connectivity index is 1.35. The zero-order valence-electron chi connectivity index (χ0n) is 25.6. The molecule has 0 aromatic heterocycles. The Morgan fingerprint density at radius 1 is 0.478 bits per heavy atom. The number of hydrogen-bond acceptors (Lipinski definition) is 2. The fraction of sp³-hybridized carbons (Fsp3) is 0.0952. The molecule has 0 fully saturated rings. The first kappa shape index (κ1) is 29.0. The van der Waals surface area contributed by atoms with E-state index in [0.29, 0.717) is 11.3 Å². The second-order valence-corrected chi connectivity index (χ2v) is 16.5. The van der Waals surface area contributed by atoms with Gasteiger partial charge in [-0.05, 0) is 63.6 Å². The monoisotopic (exact) mass is 631 g/mol. The summed E-state index contributed by atoms with van der Waals surface area (Å²) in [4.78, 5) is 2.42. The van der Waals surface area contributed by atoms with E-state index in [9.17, 15) is 0 Å². The number of hydrogen-bond donors (Lipinski definition) is 0. The van der Waals surface area contributed by atoms with Crippen LogP contribution in [-0.2, 0) is 0 Å². The number of para-hydroxylation sites is 3. The van der Waals surface area contributed by atoms with Crippen molar-refractivity contribution >= 4 is 54.1 Å². The lowest BCUT2D eigenvalue weighted by Gasteiger charge is -2.38. The van der Waals surface area contributed by atoms with Crippen LogP contribution in [0, 0.1) is 0 Å². The van der Waals surface area contributed by atoms with Gasteiger partial charge in [-0.1, -0.05) is 152 Å². The zero-order chi connectivity index (χ0) is 30.7. The Labute approximate surface area is 274 Å². The summed E-state index contributed by atoms with van der Waals surface area (Å²) >= 11 is 0. The van der Waals surface area contributed by atoms with Gasteiger partial charge in [0.25, 0.3) is 0 Å². The number of allylic oxidation sites excluding steroid dienone is 8. The van der Waals surface area contributed by atoms with Gasteiger partial charge in [-0.3, -0.25) is 0 Å². The summed E-state index contributed by atoms with van der Waals surface area (Å²) < 4.78 is 7.38. The lowest BCUT2D eigenvalue weighted by atomic mass is 10.1. The highest BCUT2D eigenvalue weighted by Gasteiger charge is 2.36. The van der Waals surface area contributed by atoms with Crippen molar-refractivity contribution in [3.8, 4) is 11.5 Å². The third-order valence-corrected chi connectivity index (χ3v) is 14.4. The molecule has 4 heteroatoms. The van der Waals surface area contributed by atoms with E-state index in [2.05, 4.69) is 181 Å². The number of rotatable bonds is 7. The summed E-state index contributed by atoms with van der Waals surface area (Å²) in [6.45, 7) is 0. The Bertz CT molecular complexity index is 1830. The van der Waals surface area contributed by atoms with Crippen LogP contribution >= 0.6 is 15.8 Å². The molecule has 46 heavy (non-hydrogen) atoms. The molecule has 2 aliphatic carbocycles. The molecule has 0 saturated heterocycles. The molecule has 0 N–H and O–H groups in total. The Hall–Kier alpha value is -4.48. The molecule has 0 bridgehead atoms. The van der Waals surface area contributed by atoms with Crippen molar-refractivity contribution in [3.63, 3.8) is 0 Å². The molecule has 3 unspecified atom stereocenters. The highest BCUT2D eigenvalue weighted by Crippen LogP contribution is 2.56. The van der Waals surface area contributed by atoms with E-state index in [0.717, 1.165) is 41.4 Å². The maximum Gasteiger partial charge on any atom is 0.159 e. The Kier molecular flexibility index (Phi) is 8.24. The predicted octanol–water partition coefficient (Wildman–Crippen LogP) is 9.90. The summed E-state index contributed by atoms with van der Waals surface area (Å²) in [5.74, 6) is 1.96. The van der Waals surface area contributed by atoms with E-state index in [4.69, 9.17) is 4.74 Å². The van der Waals surface area contributed by atoms with Crippen LogP contribution in [0.15, 0.2) is 176 Å². The lowest BCUT2D eigenvalue weighted by molar-refractivity contribution is 0.484. The van der Waals surface area contributed by atoms with E-state index in [1.807, 2.05) is 0 Å². The number of benzene rings is 5. The first-order chi connectivity index (χ1) is 22.9. The first-order valence-corrected chi connectivity index (χ1v) is 18.8. The predicted molar refractivity (Wildman–Crippen MR) is 200 cm³/mol. The standard InChI is InChI=1S/C42H35NOP2/c1-6-18-32(19-7-1)43-37-28-16-30-39(45(33-20-8-2-9-21-33)34-22-10-3-11-23-34)41(37)44-42-38(43)29-17-31-40(42)46(35-24-12-4-13-25-35)36-26-14-5-15-27-36/h1-22,24-26,28-31,34,36H,23,27H2/t34-,36?,45?,46?/m0/s1. The molecule has 1 aliphatic heterocycles. The fourth-order valence-electron chi connectivity index (χ4n) is 6.77. The van der Waals surface area contributed by atoms with Crippen molar-refractivity contribution in [1.82, 2.24) is 0 Å². The van der Waals surface area contributed by atoms with Gasteiger partial charge >= 0.3 is 0 Å². The summed E-state index contributed by atoms with van der Waals surface area (Å²) in [6.07, 6.45) is 20.2. The molecule has 0 saturated carbocycles. The topological polar surface area (TPSA) is 12.5 Å². The van der Waals surface area contributed by atoms with Gasteiger partial charge in [0.2, 0.25) is 0 Å². The molecular formula is C42H35NOP2. The number of anilines is 3. The number of ether oxygens (including phenoxy) is 1. The molecule has 224 valence electrons. The number of nitrogens with zero attached hydrogens (tertiary/aromatic N) is 1. The first-order valence-electron chi connectivity index (χ1n) is 16.0. The molecule has 3 aliphatic rings. The number of fused-ring (bicyclic) bond motifs is 2. The van der Waals surface area contributed by atoms with E-state index in [1.54, 1.807) is 0 Å². The van der Waals surface area contributed by atoms with Crippen LogP contribution < -0.4 is 30.9 Å². The van der Waals surface area contributed by atoms with E-state index < -0.39 is 15.8 Å². The van der Waals surface area contributed by atoms with Crippen LogP contribution in [0.3, 0.4) is 0 Å². The average molecular weight is 632 g/mol. The van der Waals surface area contributed by atoms with Crippen LogP contribution in [-0.4, -0.2) is 11.3 Å². The minimum absolute atomic E-state index is 0.389. The van der Waals surface area contributed by atoms with Crippen molar-refractivity contribution in [2.24, 2.45) is 0 Å². The van der Waals surface area contributed by atoms with Crippen molar-refractivity contribution < 1.29 is 4.74 Å². The highest BCUT2D eigenvalue weighted by atomic mass is 31.1. The smallest absolute Gasteiger partial charge is 0.159 e. The summed E-state index contributed by atoms with van der Waals surface area (Å²) in [7, 11) is -1.49. The lowest BCUT2D eigenvalue weighted by Crippen LogP contribution is -2.28. The van der Waals surface area contributed by atoms with E-state index in [-0.39, 0.29) is 0 Å². The van der Waals surface area contributed by atoms with Crippen molar-refractivity contribution in [2.75, 3.05) is 4.90 Å². The van der Waals surface area contributed by atoms with Gasteiger partial charge in [0, 0.05) is 27.6 Å². The largest absolute Gasteiger partial charge is 0.452 e. The van der Waals surface area contributed by atoms with Crippen LogP contribution in [0.4, 0.5) is 17.1 Å². The van der Waals surface area contributed by atoms with Gasteiger partial charge in [0.1, 0.15) is 0 Å². The summed E-state index contributed by atoms with van der Waals surface area (Å²) in [5, 5.41) is 5.31. The molecule has 5 aromatic rings. The third kappa shape index (κ3) is 5.47. The van der Waals surface area contributed by atoms with E-state index >= 15 is 0 Å². The molecule has 0 spiro atoms. The second-order valence-electron chi connectivity index (χ2n) is 11.7. The average Bonchev–Trinajstić information content (AvgIpc) is 3.13. The molecule has 4 atom stereocenters. The summed E-state index contributed by atoms with van der Waals surface area (Å²) in [6, 6.07) is 46.4. The molecule has 0 radical (unpaired) electrons. The van der Waals surface area contributed by atoms with Gasteiger partial charge in [-0.25, -0.2) is 0 Å². The molecule has 0 amide bonds. The SMILES string of the molecule is C1=CCC(P(c2ccccc2)c2cccc3c2Oc2c(cccc2P(c2ccccc2)[C@H]2C=CC=CC2)N3c2ccccc2)C=C1. The van der Waals surface area contributed by atoms with Gasteiger partial charge in [0.05, 0.1) is 11.4 Å². The maximum atomic E-state index is 7.38. The van der Waals surface area contributed by atoms with Crippen molar-refractivity contribution in [1.29, 1.82) is 0 Å². The van der Waals surface area contributed by atoms with Crippen LogP contribution in [0.5, 0.6) is 11.5 Å². The van der Waals surface area contributed by atoms with E-state index in [1.165, 1.54) is 21.2 Å². The van der Waals surface area contributed by atoms with Gasteiger partial charge in [-0.2, -0.15) is 0 Å². The molecule has 5 aromatic carbocycles. The minimum atomic E-state index is -0.747. The fourth-order valence-corrected chi connectivity index (χ4v) is 12.3.